The Balaban J connectivity index is 1.62. The van der Waals surface area contributed by atoms with Crippen LogP contribution in [0.3, 0.4) is 0 Å². The van der Waals surface area contributed by atoms with Crippen LogP contribution in [0.1, 0.15) is 26.3 Å². The van der Waals surface area contributed by atoms with Gasteiger partial charge in [-0.1, -0.05) is 54.6 Å². The van der Waals surface area contributed by atoms with Gasteiger partial charge in [-0.25, -0.2) is 10.2 Å². The highest BCUT2D eigenvalue weighted by Gasteiger charge is 2.14. The molecule has 33 heavy (non-hydrogen) atoms. The highest BCUT2D eigenvalue weighted by atomic mass is 16.6. The molecule has 0 aliphatic rings. The molecule has 0 unspecified atom stereocenters. The second kappa shape index (κ2) is 9.52. The smallest absolute Gasteiger partial charge is 0.343 e. The number of fused-ring (bicyclic) bond motifs is 1. The lowest BCUT2D eigenvalue weighted by atomic mass is 10.0. The minimum absolute atomic E-state index is 0.0926. The van der Waals surface area contributed by atoms with Crippen molar-refractivity contribution in [1.82, 2.24) is 5.43 Å². The van der Waals surface area contributed by atoms with Gasteiger partial charge >= 0.3 is 5.97 Å². The van der Waals surface area contributed by atoms with Crippen molar-refractivity contribution in [2.45, 2.75) is 0 Å². The average molecular weight is 439 g/mol. The average Bonchev–Trinajstić information content (AvgIpc) is 2.85. The topological polar surface area (TPSA) is 111 Å². The van der Waals surface area contributed by atoms with Gasteiger partial charge in [-0.2, -0.15) is 5.10 Å². The number of amides is 1. The number of nitro groups is 1. The van der Waals surface area contributed by atoms with Gasteiger partial charge in [0.15, 0.2) is 0 Å². The minimum Gasteiger partial charge on any atom is -0.422 e. The summed E-state index contributed by atoms with van der Waals surface area (Å²) in [6.07, 6.45) is 1.38. The zero-order valence-electron chi connectivity index (χ0n) is 17.2. The van der Waals surface area contributed by atoms with Gasteiger partial charge in [0.1, 0.15) is 5.75 Å². The van der Waals surface area contributed by atoms with E-state index in [0.29, 0.717) is 11.1 Å². The minimum atomic E-state index is -0.613. The summed E-state index contributed by atoms with van der Waals surface area (Å²) in [5.41, 5.74) is 3.15. The van der Waals surface area contributed by atoms with Gasteiger partial charge in [0.05, 0.1) is 16.7 Å². The van der Waals surface area contributed by atoms with Crippen molar-refractivity contribution in [3.63, 3.8) is 0 Å². The number of ether oxygens (including phenoxy) is 1. The van der Waals surface area contributed by atoms with E-state index in [9.17, 15) is 19.7 Å². The summed E-state index contributed by atoms with van der Waals surface area (Å²) in [6, 6.07) is 24.8. The lowest BCUT2D eigenvalue weighted by Crippen LogP contribution is -2.18. The van der Waals surface area contributed by atoms with E-state index in [2.05, 4.69) is 10.5 Å². The summed E-state index contributed by atoms with van der Waals surface area (Å²) in [4.78, 5) is 35.3. The molecule has 8 nitrogen and oxygen atoms in total. The quantitative estimate of drug-likeness (QED) is 0.153. The maximum atomic E-state index is 12.6. The zero-order valence-corrected chi connectivity index (χ0v) is 17.2. The molecule has 0 spiro atoms. The first-order valence-electron chi connectivity index (χ1n) is 9.90. The largest absolute Gasteiger partial charge is 0.422 e. The van der Waals surface area contributed by atoms with Crippen LogP contribution in [0.2, 0.25) is 0 Å². The van der Waals surface area contributed by atoms with E-state index in [1.54, 1.807) is 36.4 Å². The van der Waals surface area contributed by atoms with Crippen molar-refractivity contribution in [3.8, 4) is 5.75 Å². The van der Waals surface area contributed by atoms with Crippen molar-refractivity contribution in [2.75, 3.05) is 0 Å². The summed E-state index contributed by atoms with van der Waals surface area (Å²) < 4.78 is 5.61. The lowest BCUT2D eigenvalue weighted by Gasteiger charge is -2.10. The molecule has 8 heteroatoms. The zero-order chi connectivity index (χ0) is 23.2. The van der Waals surface area contributed by atoms with E-state index in [4.69, 9.17) is 4.74 Å². The number of carbonyl (C=O) groups excluding carboxylic acids is 2. The van der Waals surface area contributed by atoms with Crippen LogP contribution in [-0.2, 0) is 0 Å². The van der Waals surface area contributed by atoms with Crippen molar-refractivity contribution in [3.05, 3.63) is 118 Å². The molecule has 0 saturated carbocycles. The predicted molar refractivity (Wildman–Crippen MR) is 124 cm³/mol. The molecule has 1 amide bonds. The van der Waals surface area contributed by atoms with Crippen LogP contribution in [-0.4, -0.2) is 23.0 Å². The van der Waals surface area contributed by atoms with E-state index in [0.717, 1.165) is 16.8 Å². The summed E-state index contributed by atoms with van der Waals surface area (Å²) in [5.74, 6) is -0.866. The van der Waals surface area contributed by atoms with Gasteiger partial charge in [0.25, 0.3) is 11.6 Å². The number of non-ortho nitro benzene ring substituents is 1. The summed E-state index contributed by atoms with van der Waals surface area (Å²) >= 11 is 0. The normalized spacial score (nSPS) is 10.8. The highest BCUT2D eigenvalue weighted by Crippen LogP contribution is 2.27. The van der Waals surface area contributed by atoms with Crippen LogP contribution in [0.25, 0.3) is 10.8 Å². The molecule has 1 N–H and O–H groups in total. The molecule has 4 aromatic carbocycles. The van der Waals surface area contributed by atoms with Crippen molar-refractivity contribution >= 4 is 34.6 Å². The second-order valence-corrected chi connectivity index (χ2v) is 6.96. The Morgan fingerprint density at radius 3 is 2.39 bits per heavy atom. The van der Waals surface area contributed by atoms with E-state index in [1.807, 2.05) is 30.3 Å². The molecule has 0 aromatic heterocycles. The van der Waals surface area contributed by atoms with Gasteiger partial charge in [-0.15, -0.1) is 0 Å². The third-order valence-electron chi connectivity index (χ3n) is 4.82. The SMILES string of the molecule is O=C(N/N=C/c1c(OC(=O)c2ccccc2)ccc2ccccc12)c1cccc([N+](=O)[O-])c1. The number of rotatable bonds is 6. The van der Waals surface area contributed by atoms with Gasteiger partial charge in [-0.3, -0.25) is 14.9 Å². The number of hydrazone groups is 1. The Morgan fingerprint density at radius 2 is 1.61 bits per heavy atom. The molecule has 4 aromatic rings. The van der Waals surface area contributed by atoms with Crippen LogP contribution >= 0.6 is 0 Å². The van der Waals surface area contributed by atoms with Crippen LogP contribution < -0.4 is 10.2 Å². The van der Waals surface area contributed by atoms with E-state index < -0.39 is 16.8 Å². The van der Waals surface area contributed by atoms with Gasteiger partial charge < -0.3 is 4.74 Å². The molecule has 4 rings (SSSR count). The van der Waals surface area contributed by atoms with Crippen LogP contribution in [0.5, 0.6) is 5.75 Å². The van der Waals surface area contributed by atoms with Crippen LogP contribution in [0, 0.1) is 10.1 Å². The maximum absolute atomic E-state index is 12.6. The summed E-state index contributed by atoms with van der Waals surface area (Å²) in [6.45, 7) is 0. The molecule has 0 radical (unpaired) electrons. The standard InChI is InChI=1S/C25H17N3O5/c29-24(19-10-6-11-20(15-19)28(31)32)27-26-16-22-21-12-5-4-7-17(21)13-14-23(22)33-25(30)18-8-2-1-3-9-18/h1-16H,(H,27,29)/b26-16+. The van der Waals surface area contributed by atoms with E-state index >= 15 is 0 Å². The highest BCUT2D eigenvalue weighted by molar-refractivity contribution is 6.04. The molecule has 0 aliphatic carbocycles. The second-order valence-electron chi connectivity index (χ2n) is 6.96. The Kier molecular flexibility index (Phi) is 6.17. The van der Waals surface area contributed by atoms with E-state index in [1.165, 1.54) is 24.4 Å². The maximum Gasteiger partial charge on any atom is 0.343 e. The molecule has 0 saturated heterocycles. The monoisotopic (exact) mass is 439 g/mol. The number of nitrogens with one attached hydrogen (secondary N) is 1. The Bertz CT molecular complexity index is 1380. The third kappa shape index (κ3) is 4.91. The first-order chi connectivity index (χ1) is 16.0. The lowest BCUT2D eigenvalue weighted by molar-refractivity contribution is -0.384. The van der Waals surface area contributed by atoms with Crippen molar-refractivity contribution in [1.29, 1.82) is 0 Å². The van der Waals surface area contributed by atoms with Gasteiger partial charge in [0.2, 0.25) is 0 Å². The molecular formula is C25H17N3O5. The fourth-order valence-electron chi connectivity index (χ4n) is 3.21. The Labute approximate surface area is 188 Å². The summed E-state index contributed by atoms with van der Waals surface area (Å²) in [5, 5.41) is 16.6. The van der Waals surface area contributed by atoms with Crippen LogP contribution in [0.15, 0.2) is 96.1 Å². The number of nitro benzene ring substituents is 1. The number of benzene rings is 4. The molecular weight excluding hydrogens is 422 g/mol. The molecule has 0 heterocycles. The number of hydrogen-bond donors (Lipinski definition) is 1. The number of nitrogens with zero attached hydrogens (tertiary/aromatic N) is 2. The fraction of sp³-hybridized carbons (Fsp3) is 0. The molecule has 0 fully saturated rings. The number of carbonyl (C=O) groups is 2. The first-order valence-corrected chi connectivity index (χ1v) is 9.90. The first kappa shape index (κ1) is 21.4. The number of hydrogen-bond acceptors (Lipinski definition) is 6. The number of esters is 1. The Morgan fingerprint density at radius 1 is 0.879 bits per heavy atom. The van der Waals surface area contributed by atoms with Gasteiger partial charge in [-0.05, 0) is 35.0 Å². The molecule has 0 bridgehead atoms. The van der Waals surface area contributed by atoms with Crippen molar-refractivity contribution < 1.29 is 19.2 Å². The van der Waals surface area contributed by atoms with E-state index in [-0.39, 0.29) is 17.0 Å². The molecule has 0 atom stereocenters. The van der Waals surface area contributed by atoms with Gasteiger partial charge in [0, 0.05) is 23.3 Å². The third-order valence-corrected chi connectivity index (χ3v) is 4.82. The van der Waals surface area contributed by atoms with Crippen LogP contribution in [0.4, 0.5) is 5.69 Å². The fourth-order valence-corrected chi connectivity index (χ4v) is 3.21. The molecule has 162 valence electrons. The summed E-state index contributed by atoms with van der Waals surface area (Å²) in [7, 11) is 0. The molecule has 0 aliphatic heterocycles. The van der Waals surface area contributed by atoms with Crippen molar-refractivity contribution in [2.24, 2.45) is 5.10 Å². The Hall–Kier alpha value is -4.85. The predicted octanol–water partition coefficient (Wildman–Crippen LogP) is 4.73.